The van der Waals surface area contributed by atoms with Gasteiger partial charge < -0.3 is 25.6 Å². The van der Waals surface area contributed by atoms with Gasteiger partial charge in [-0.2, -0.15) is 8.78 Å². The van der Waals surface area contributed by atoms with Crippen LogP contribution >= 0.6 is 0 Å². The molecule has 0 saturated heterocycles. The molecule has 2 amide bonds. The number of hydrogen-bond donors (Lipinski definition) is 4. The van der Waals surface area contributed by atoms with E-state index in [1.54, 1.807) is 33.0 Å². The zero-order valence-electron chi connectivity index (χ0n) is 14.9. The summed E-state index contributed by atoms with van der Waals surface area (Å²) in [6.07, 6.45) is -3.28. The van der Waals surface area contributed by atoms with Crippen molar-refractivity contribution in [2.45, 2.75) is 77.2 Å². The van der Waals surface area contributed by atoms with E-state index >= 15 is 0 Å². The number of aliphatic carboxylic acids is 1. The SMILES string of the molecule is CCC[C@H](NC(=O)OC(C)(C)C)C(O)C(F)(F)C(=O)N[C@@H](C)C(=O)O. The lowest BCUT2D eigenvalue weighted by Gasteiger charge is -2.30. The molecule has 0 fully saturated rings. The van der Waals surface area contributed by atoms with Gasteiger partial charge in [0.15, 0.2) is 0 Å². The average Bonchev–Trinajstić information content (AvgIpc) is 2.43. The maximum atomic E-state index is 14.1. The second-order valence-electron chi connectivity index (χ2n) is 6.64. The number of hydrogen-bond acceptors (Lipinski definition) is 5. The predicted octanol–water partition coefficient (Wildman–Crippen LogP) is 1.27. The highest BCUT2D eigenvalue weighted by molar-refractivity contribution is 5.88. The second-order valence-corrected chi connectivity index (χ2v) is 6.64. The summed E-state index contributed by atoms with van der Waals surface area (Å²) in [7, 11) is 0. The van der Waals surface area contributed by atoms with Crippen LogP contribution in [0.2, 0.25) is 0 Å². The summed E-state index contributed by atoms with van der Waals surface area (Å²) in [6.45, 7) is 7.37. The van der Waals surface area contributed by atoms with Gasteiger partial charge in [0, 0.05) is 0 Å². The second kappa shape index (κ2) is 8.93. The fourth-order valence-electron chi connectivity index (χ4n) is 1.82. The van der Waals surface area contributed by atoms with Crippen LogP contribution in [0.5, 0.6) is 0 Å². The molecule has 1 unspecified atom stereocenters. The first-order chi connectivity index (χ1) is 11.2. The van der Waals surface area contributed by atoms with E-state index in [2.05, 4.69) is 5.32 Å². The summed E-state index contributed by atoms with van der Waals surface area (Å²) >= 11 is 0. The van der Waals surface area contributed by atoms with Crippen LogP contribution in [0.3, 0.4) is 0 Å². The largest absolute Gasteiger partial charge is 0.480 e. The topological polar surface area (TPSA) is 125 Å². The van der Waals surface area contributed by atoms with Crippen LogP contribution in [0, 0.1) is 0 Å². The van der Waals surface area contributed by atoms with E-state index in [4.69, 9.17) is 9.84 Å². The van der Waals surface area contributed by atoms with Crippen molar-refractivity contribution < 1.29 is 38.1 Å². The van der Waals surface area contributed by atoms with Crippen LogP contribution in [0.15, 0.2) is 0 Å². The number of rotatable bonds is 8. The van der Waals surface area contributed by atoms with Crippen molar-refractivity contribution in [3.05, 3.63) is 0 Å². The standard InChI is InChI=1S/C15H26F2N2O6/c1-6-7-9(19-13(24)25-14(3,4)5)10(20)15(16,17)12(23)18-8(2)11(21)22/h8-10,20H,6-7H2,1-5H3,(H,18,23)(H,19,24)(H,21,22)/t8-,9-,10?/m0/s1. The van der Waals surface area contributed by atoms with Crippen LogP contribution < -0.4 is 10.6 Å². The Morgan fingerprint density at radius 2 is 1.68 bits per heavy atom. The monoisotopic (exact) mass is 368 g/mol. The fourth-order valence-corrected chi connectivity index (χ4v) is 1.82. The Kier molecular flexibility index (Phi) is 8.23. The van der Waals surface area contributed by atoms with Crippen molar-refractivity contribution in [2.24, 2.45) is 0 Å². The summed E-state index contributed by atoms with van der Waals surface area (Å²) < 4.78 is 33.2. The number of amides is 2. The molecule has 0 radical (unpaired) electrons. The van der Waals surface area contributed by atoms with Gasteiger partial charge in [0.1, 0.15) is 17.7 Å². The number of halogens is 2. The third kappa shape index (κ3) is 7.63. The maximum Gasteiger partial charge on any atom is 0.407 e. The first-order valence-electron chi connectivity index (χ1n) is 7.81. The lowest BCUT2D eigenvalue weighted by molar-refractivity contribution is -0.169. The van der Waals surface area contributed by atoms with Gasteiger partial charge in [-0.05, 0) is 34.1 Å². The number of carboxylic acid groups (broad SMARTS) is 1. The number of carbonyl (C=O) groups is 3. The molecule has 0 aliphatic heterocycles. The van der Waals surface area contributed by atoms with Gasteiger partial charge in [0.2, 0.25) is 0 Å². The van der Waals surface area contributed by atoms with Gasteiger partial charge in [-0.3, -0.25) is 9.59 Å². The number of alkyl halides is 2. The zero-order chi connectivity index (χ0) is 20.0. The van der Waals surface area contributed by atoms with Crippen LogP contribution in [0.1, 0.15) is 47.5 Å². The molecule has 3 atom stereocenters. The molecular formula is C15H26F2N2O6. The third-order valence-corrected chi connectivity index (χ3v) is 3.08. The number of aliphatic hydroxyl groups is 1. The van der Waals surface area contributed by atoms with Crippen molar-refractivity contribution in [1.29, 1.82) is 0 Å². The summed E-state index contributed by atoms with van der Waals surface area (Å²) in [5.74, 6) is -7.75. The number of carboxylic acids is 1. The van der Waals surface area contributed by atoms with Gasteiger partial charge in [-0.1, -0.05) is 13.3 Å². The Morgan fingerprint density at radius 3 is 2.08 bits per heavy atom. The van der Waals surface area contributed by atoms with E-state index in [0.717, 1.165) is 6.92 Å². The first-order valence-corrected chi connectivity index (χ1v) is 7.81. The molecular weight excluding hydrogens is 342 g/mol. The Hall–Kier alpha value is -1.97. The highest BCUT2D eigenvalue weighted by Crippen LogP contribution is 2.24. The lowest BCUT2D eigenvalue weighted by atomic mass is 9.99. The van der Waals surface area contributed by atoms with Gasteiger partial charge in [0.05, 0.1) is 6.04 Å². The quantitative estimate of drug-likeness (QED) is 0.511. The van der Waals surface area contributed by atoms with Crippen LogP contribution in [0.25, 0.3) is 0 Å². The van der Waals surface area contributed by atoms with Crippen LogP contribution in [-0.2, 0) is 14.3 Å². The lowest BCUT2D eigenvalue weighted by Crippen LogP contribution is -2.59. The summed E-state index contributed by atoms with van der Waals surface area (Å²) in [4.78, 5) is 34.0. The Labute approximate surface area is 144 Å². The number of alkyl carbamates (subject to hydrolysis) is 1. The van der Waals surface area contributed by atoms with Crippen molar-refractivity contribution in [2.75, 3.05) is 0 Å². The number of nitrogens with one attached hydrogen (secondary N) is 2. The van der Waals surface area contributed by atoms with Crippen molar-refractivity contribution in [1.82, 2.24) is 10.6 Å². The Bertz CT molecular complexity index is 493. The molecule has 0 saturated carbocycles. The molecule has 4 N–H and O–H groups in total. The van der Waals surface area contributed by atoms with E-state index in [1.807, 2.05) is 0 Å². The smallest absolute Gasteiger partial charge is 0.407 e. The number of aliphatic hydroxyl groups excluding tert-OH is 1. The van der Waals surface area contributed by atoms with E-state index in [9.17, 15) is 28.3 Å². The first kappa shape index (κ1) is 23.0. The van der Waals surface area contributed by atoms with Crippen molar-refractivity contribution in [3.63, 3.8) is 0 Å². The molecule has 0 spiro atoms. The van der Waals surface area contributed by atoms with E-state index < -0.39 is 47.7 Å². The molecule has 25 heavy (non-hydrogen) atoms. The average molecular weight is 368 g/mol. The molecule has 0 aromatic heterocycles. The molecule has 10 heteroatoms. The molecule has 0 bridgehead atoms. The highest BCUT2D eigenvalue weighted by Gasteiger charge is 2.51. The minimum Gasteiger partial charge on any atom is -0.480 e. The molecule has 0 aliphatic rings. The van der Waals surface area contributed by atoms with Crippen LogP contribution in [0.4, 0.5) is 13.6 Å². The van der Waals surface area contributed by atoms with E-state index in [1.165, 1.54) is 0 Å². The fraction of sp³-hybridized carbons (Fsp3) is 0.800. The summed E-state index contributed by atoms with van der Waals surface area (Å²) in [6, 6.07) is -3.02. The molecule has 146 valence electrons. The van der Waals surface area contributed by atoms with Crippen molar-refractivity contribution >= 4 is 18.0 Å². The number of carbonyl (C=O) groups excluding carboxylic acids is 2. The van der Waals surface area contributed by atoms with Gasteiger partial charge in [0.25, 0.3) is 5.91 Å². The normalized spacial score (nSPS) is 15.7. The third-order valence-electron chi connectivity index (χ3n) is 3.08. The highest BCUT2D eigenvalue weighted by atomic mass is 19.3. The molecule has 0 rings (SSSR count). The van der Waals surface area contributed by atoms with Crippen LogP contribution in [-0.4, -0.2) is 57.9 Å². The summed E-state index contributed by atoms with van der Waals surface area (Å²) in [5.41, 5.74) is -0.872. The van der Waals surface area contributed by atoms with Gasteiger partial charge >= 0.3 is 18.0 Å². The van der Waals surface area contributed by atoms with Crippen molar-refractivity contribution in [3.8, 4) is 0 Å². The molecule has 0 aliphatic carbocycles. The molecule has 0 aromatic rings. The Balaban J connectivity index is 5.16. The van der Waals surface area contributed by atoms with E-state index in [0.29, 0.717) is 6.42 Å². The maximum absolute atomic E-state index is 14.1. The Morgan fingerprint density at radius 1 is 1.16 bits per heavy atom. The minimum absolute atomic E-state index is 0.0439. The van der Waals surface area contributed by atoms with Gasteiger partial charge in [-0.15, -0.1) is 0 Å². The number of ether oxygens (including phenoxy) is 1. The molecule has 8 nitrogen and oxygen atoms in total. The predicted molar refractivity (Wildman–Crippen MR) is 84.3 cm³/mol. The molecule has 0 aromatic carbocycles. The molecule has 0 heterocycles. The minimum atomic E-state index is -4.31. The zero-order valence-corrected chi connectivity index (χ0v) is 14.9. The van der Waals surface area contributed by atoms with Gasteiger partial charge in [-0.25, -0.2) is 4.79 Å². The van der Waals surface area contributed by atoms with E-state index in [-0.39, 0.29) is 6.42 Å². The summed E-state index contributed by atoms with van der Waals surface area (Å²) in [5, 5.41) is 22.3.